The van der Waals surface area contributed by atoms with Crippen molar-refractivity contribution in [2.75, 3.05) is 26.4 Å². The second-order valence-corrected chi connectivity index (χ2v) is 10.2. The van der Waals surface area contributed by atoms with E-state index in [2.05, 4.69) is 0 Å². The summed E-state index contributed by atoms with van der Waals surface area (Å²) in [5.41, 5.74) is 0. The lowest BCUT2D eigenvalue weighted by Gasteiger charge is -2.32. The van der Waals surface area contributed by atoms with Gasteiger partial charge in [-0.15, -0.1) is 0 Å². The van der Waals surface area contributed by atoms with Crippen LogP contribution in [0.2, 0.25) is 5.02 Å². The Kier molecular flexibility index (Phi) is 8.81. The lowest BCUT2D eigenvalue weighted by Crippen LogP contribution is -2.40. The number of benzene rings is 1. The summed E-state index contributed by atoms with van der Waals surface area (Å²) in [6.45, 7) is 1.97. The molecule has 1 aromatic rings. The van der Waals surface area contributed by atoms with E-state index < -0.39 is 0 Å². The Labute approximate surface area is 211 Å². The molecule has 0 amide bonds. The fourth-order valence-electron chi connectivity index (χ4n) is 5.32. The van der Waals surface area contributed by atoms with E-state index in [-0.39, 0.29) is 62.1 Å². The first-order chi connectivity index (χ1) is 17.1. The van der Waals surface area contributed by atoms with E-state index in [0.717, 1.165) is 38.5 Å². The third kappa shape index (κ3) is 6.87. The average molecular weight is 511 g/mol. The van der Waals surface area contributed by atoms with Crippen molar-refractivity contribution in [2.45, 2.75) is 88.4 Å². The Morgan fingerprint density at radius 1 is 1.03 bits per heavy atom. The third-order valence-electron chi connectivity index (χ3n) is 7.07. The van der Waals surface area contributed by atoms with Crippen LogP contribution in [-0.2, 0) is 33.2 Å². The molecule has 3 saturated heterocycles. The van der Waals surface area contributed by atoms with Crippen LogP contribution in [0.15, 0.2) is 24.3 Å². The summed E-state index contributed by atoms with van der Waals surface area (Å²) < 4.78 is 42.1. The standard InChI is InChI=1S/C26H35ClO8/c27-17-6-5-7-18(12-17)31-15-19(33-24-8-1-3-10-29-24)16-32-26-20-13-23(28)34-21(20)14-22(26)35-25-9-2-4-11-30-25/h5-7,12,19-22,24-26H,1-4,8-11,13-16H2/t19?,20-,21?,22?,24?,25?,26?/m1/s1. The van der Waals surface area contributed by atoms with Crippen LogP contribution >= 0.6 is 11.6 Å². The smallest absolute Gasteiger partial charge is 0.306 e. The predicted molar refractivity (Wildman–Crippen MR) is 126 cm³/mol. The molecule has 7 atom stereocenters. The average Bonchev–Trinajstić information content (AvgIpc) is 3.37. The first-order valence-electron chi connectivity index (χ1n) is 12.9. The minimum absolute atomic E-state index is 0.0310. The third-order valence-corrected chi connectivity index (χ3v) is 7.30. The summed E-state index contributed by atoms with van der Waals surface area (Å²) in [4.78, 5) is 12.0. The van der Waals surface area contributed by atoms with Crippen LogP contribution in [0.1, 0.15) is 51.4 Å². The van der Waals surface area contributed by atoms with E-state index in [1.165, 1.54) is 0 Å². The molecule has 8 nitrogen and oxygen atoms in total. The van der Waals surface area contributed by atoms with Gasteiger partial charge in [0.1, 0.15) is 24.6 Å². The van der Waals surface area contributed by atoms with Gasteiger partial charge in [0.15, 0.2) is 12.6 Å². The molecule has 35 heavy (non-hydrogen) atoms. The molecule has 3 aliphatic heterocycles. The predicted octanol–water partition coefficient (Wildman–Crippen LogP) is 4.26. The highest BCUT2D eigenvalue weighted by Gasteiger charge is 2.52. The molecular formula is C26H35ClO8. The molecule has 0 spiro atoms. The van der Waals surface area contributed by atoms with E-state index in [1.54, 1.807) is 12.1 Å². The van der Waals surface area contributed by atoms with Crippen molar-refractivity contribution in [3.8, 4) is 5.75 Å². The number of hydrogen-bond donors (Lipinski definition) is 0. The van der Waals surface area contributed by atoms with E-state index in [0.29, 0.717) is 36.8 Å². The van der Waals surface area contributed by atoms with Crippen LogP contribution in [0, 0.1) is 5.92 Å². The van der Waals surface area contributed by atoms with Crippen molar-refractivity contribution >= 4 is 17.6 Å². The van der Waals surface area contributed by atoms with Gasteiger partial charge in [-0.1, -0.05) is 17.7 Å². The number of carbonyl (C=O) groups is 1. The number of fused-ring (bicyclic) bond motifs is 1. The molecule has 194 valence electrons. The van der Waals surface area contributed by atoms with Crippen LogP contribution < -0.4 is 4.74 Å². The highest BCUT2D eigenvalue weighted by molar-refractivity contribution is 6.30. The van der Waals surface area contributed by atoms with Crippen LogP contribution in [0.25, 0.3) is 0 Å². The zero-order valence-corrected chi connectivity index (χ0v) is 20.7. The summed E-state index contributed by atoms with van der Waals surface area (Å²) in [6.07, 6.45) is 5.41. The topological polar surface area (TPSA) is 81.7 Å². The summed E-state index contributed by atoms with van der Waals surface area (Å²) in [6, 6.07) is 7.28. The molecule has 1 saturated carbocycles. The first-order valence-corrected chi connectivity index (χ1v) is 13.3. The van der Waals surface area contributed by atoms with Crippen molar-refractivity contribution in [3.05, 3.63) is 29.3 Å². The van der Waals surface area contributed by atoms with Gasteiger partial charge in [-0.3, -0.25) is 4.79 Å². The largest absolute Gasteiger partial charge is 0.491 e. The lowest BCUT2D eigenvalue weighted by atomic mass is 10.0. The number of ether oxygens (including phenoxy) is 7. The van der Waals surface area contributed by atoms with Gasteiger partial charge in [-0.05, 0) is 56.7 Å². The quantitative estimate of drug-likeness (QED) is 0.432. The maximum atomic E-state index is 12.0. The summed E-state index contributed by atoms with van der Waals surface area (Å²) in [7, 11) is 0. The Morgan fingerprint density at radius 3 is 2.57 bits per heavy atom. The van der Waals surface area contributed by atoms with Crippen molar-refractivity contribution in [2.24, 2.45) is 5.92 Å². The van der Waals surface area contributed by atoms with Crippen molar-refractivity contribution in [3.63, 3.8) is 0 Å². The molecule has 5 rings (SSSR count). The highest BCUT2D eigenvalue weighted by atomic mass is 35.5. The molecule has 0 aromatic heterocycles. The second kappa shape index (κ2) is 12.2. The number of halogens is 1. The molecule has 6 unspecified atom stereocenters. The van der Waals surface area contributed by atoms with Crippen LogP contribution in [0.3, 0.4) is 0 Å². The number of carbonyl (C=O) groups excluding carboxylic acids is 1. The maximum absolute atomic E-state index is 12.0. The molecule has 0 bridgehead atoms. The molecule has 1 aliphatic carbocycles. The molecule has 1 aromatic carbocycles. The highest BCUT2D eigenvalue weighted by Crippen LogP contribution is 2.41. The molecular weight excluding hydrogens is 476 g/mol. The molecule has 0 radical (unpaired) electrons. The minimum atomic E-state index is -0.360. The van der Waals surface area contributed by atoms with Gasteiger partial charge >= 0.3 is 5.97 Å². The van der Waals surface area contributed by atoms with E-state index in [4.69, 9.17) is 44.8 Å². The fraction of sp³-hybridized carbons (Fsp3) is 0.731. The second-order valence-electron chi connectivity index (χ2n) is 9.72. The Hall–Kier alpha value is -1.42. The zero-order valence-electron chi connectivity index (χ0n) is 20.0. The van der Waals surface area contributed by atoms with Crippen LogP contribution in [0.4, 0.5) is 0 Å². The van der Waals surface area contributed by atoms with Gasteiger partial charge in [0.05, 0.1) is 25.2 Å². The van der Waals surface area contributed by atoms with Crippen LogP contribution in [0.5, 0.6) is 5.75 Å². The van der Waals surface area contributed by atoms with E-state index in [9.17, 15) is 4.79 Å². The monoisotopic (exact) mass is 510 g/mol. The summed E-state index contributed by atoms with van der Waals surface area (Å²) in [5, 5.41) is 0.611. The molecule has 3 heterocycles. The molecule has 4 fully saturated rings. The van der Waals surface area contributed by atoms with Gasteiger partial charge in [0.25, 0.3) is 0 Å². The van der Waals surface area contributed by atoms with E-state index in [1.807, 2.05) is 12.1 Å². The minimum Gasteiger partial charge on any atom is -0.491 e. The zero-order chi connectivity index (χ0) is 24.0. The van der Waals surface area contributed by atoms with Gasteiger partial charge in [-0.25, -0.2) is 0 Å². The fourth-order valence-corrected chi connectivity index (χ4v) is 5.50. The van der Waals surface area contributed by atoms with Crippen molar-refractivity contribution < 1.29 is 38.0 Å². The van der Waals surface area contributed by atoms with Gasteiger partial charge in [0, 0.05) is 30.6 Å². The summed E-state index contributed by atoms with van der Waals surface area (Å²) in [5.74, 6) is 0.465. The molecule has 9 heteroatoms. The molecule has 4 aliphatic rings. The normalized spacial score (nSPS) is 33.8. The SMILES string of the molecule is O=C1C[C@@H]2C(CC(OC3CCCCO3)C2OCC(COc2cccc(Cl)c2)OC2CCCCO2)O1. The van der Waals surface area contributed by atoms with Gasteiger partial charge < -0.3 is 33.2 Å². The maximum Gasteiger partial charge on any atom is 0.306 e. The number of hydrogen-bond acceptors (Lipinski definition) is 8. The Morgan fingerprint density at radius 2 is 1.83 bits per heavy atom. The summed E-state index contributed by atoms with van der Waals surface area (Å²) >= 11 is 6.10. The van der Waals surface area contributed by atoms with Crippen molar-refractivity contribution in [1.82, 2.24) is 0 Å². The van der Waals surface area contributed by atoms with Gasteiger partial charge in [0.2, 0.25) is 0 Å². The number of rotatable bonds is 10. The van der Waals surface area contributed by atoms with Crippen LogP contribution in [-0.4, -0.2) is 69.4 Å². The molecule has 0 N–H and O–H groups in total. The van der Waals surface area contributed by atoms with Crippen molar-refractivity contribution in [1.29, 1.82) is 0 Å². The Bertz CT molecular complexity index is 825. The van der Waals surface area contributed by atoms with E-state index >= 15 is 0 Å². The Balaban J connectivity index is 1.22. The first kappa shape index (κ1) is 25.2. The van der Waals surface area contributed by atoms with Gasteiger partial charge in [-0.2, -0.15) is 0 Å². The lowest BCUT2D eigenvalue weighted by molar-refractivity contribution is -0.226. The number of esters is 1.